The second-order valence-corrected chi connectivity index (χ2v) is 6.10. The number of carbonyl (C=O) groups is 2. The Balaban J connectivity index is 1.98. The lowest BCUT2D eigenvalue weighted by Gasteiger charge is -2.25. The van der Waals surface area contributed by atoms with Crippen molar-refractivity contribution in [2.24, 2.45) is 5.92 Å². The summed E-state index contributed by atoms with van der Waals surface area (Å²) in [6.07, 6.45) is 0. The molecule has 5 nitrogen and oxygen atoms in total. The molecule has 0 radical (unpaired) electrons. The summed E-state index contributed by atoms with van der Waals surface area (Å²) in [5.41, 5.74) is 1.53. The minimum absolute atomic E-state index is 0.00887. The predicted octanol–water partition coefficient (Wildman–Crippen LogP) is 2.07. The molecule has 2 N–H and O–H groups in total. The highest BCUT2D eigenvalue weighted by Gasteiger charge is 2.17. The van der Waals surface area contributed by atoms with Gasteiger partial charge in [-0.25, -0.2) is 0 Å². The SMILES string of the molecule is C[C@@H](CO)CN(Cc1ccccc1)C(=O)CNC(=O)c1ccccc1. The second kappa shape index (κ2) is 9.59. The zero-order valence-corrected chi connectivity index (χ0v) is 14.4. The van der Waals surface area contributed by atoms with Gasteiger partial charge in [-0.2, -0.15) is 0 Å². The van der Waals surface area contributed by atoms with E-state index >= 15 is 0 Å². The third-order valence-electron chi connectivity index (χ3n) is 3.85. The van der Waals surface area contributed by atoms with Crippen LogP contribution in [0.25, 0.3) is 0 Å². The summed E-state index contributed by atoms with van der Waals surface area (Å²) in [7, 11) is 0. The molecule has 1 atom stereocenters. The first-order valence-corrected chi connectivity index (χ1v) is 8.36. The zero-order chi connectivity index (χ0) is 18.1. The summed E-state index contributed by atoms with van der Waals surface area (Å²) >= 11 is 0. The van der Waals surface area contributed by atoms with Gasteiger partial charge < -0.3 is 15.3 Å². The highest BCUT2D eigenvalue weighted by atomic mass is 16.3. The lowest BCUT2D eigenvalue weighted by Crippen LogP contribution is -2.42. The number of rotatable bonds is 8. The minimum Gasteiger partial charge on any atom is -0.396 e. The molecule has 0 fully saturated rings. The number of amides is 2. The van der Waals surface area contributed by atoms with E-state index in [-0.39, 0.29) is 30.9 Å². The van der Waals surface area contributed by atoms with Gasteiger partial charge in [-0.1, -0.05) is 55.5 Å². The number of hydrogen-bond acceptors (Lipinski definition) is 3. The van der Waals surface area contributed by atoms with E-state index in [1.807, 2.05) is 43.3 Å². The Kier molecular flexibility index (Phi) is 7.16. The van der Waals surface area contributed by atoms with Gasteiger partial charge in [-0.15, -0.1) is 0 Å². The van der Waals surface area contributed by atoms with Crippen LogP contribution in [-0.4, -0.2) is 41.5 Å². The van der Waals surface area contributed by atoms with Crippen LogP contribution in [0.5, 0.6) is 0 Å². The maximum atomic E-state index is 12.6. The molecule has 0 aromatic heterocycles. The Morgan fingerprint density at radius 3 is 2.24 bits per heavy atom. The largest absolute Gasteiger partial charge is 0.396 e. The molecule has 2 aromatic rings. The topological polar surface area (TPSA) is 69.6 Å². The smallest absolute Gasteiger partial charge is 0.251 e. The van der Waals surface area contributed by atoms with Crippen molar-refractivity contribution in [2.75, 3.05) is 19.7 Å². The first-order valence-electron chi connectivity index (χ1n) is 8.36. The Morgan fingerprint density at radius 1 is 1.04 bits per heavy atom. The predicted molar refractivity (Wildman–Crippen MR) is 96.9 cm³/mol. The maximum Gasteiger partial charge on any atom is 0.251 e. The Hall–Kier alpha value is -2.66. The number of aliphatic hydroxyl groups is 1. The van der Waals surface area contributed by atoms with E-state index in [0.29, 0.717) is 18.7 Å². The first-order chi connectivity index (χ1) is 12.1. The average molecular weight is 340 g/mol. The van der Waals surface area contributed by atoms with Crippen molar-refractivity contribution in [1.82, 2.24) is 10.2 Å². The summed E-state index contributed by atoms with van der Waals surface area (Å²) in [6, 6.07) is 18.5. The van der Waals surface area contributed by atoms with Crippen molar-refractivity contribution in [3.63, 3.8) is 0 Å². The molecule has 2 rings (SSSR count). The fourth-order valence-corrected chi connectivity index (χ4v) is 2.45. The number of carbonyl (C=O) groups excluding carboxylic acids is 2. The number of benzene rings is 2. The highest BCUT2D eigenvalue weighted by molar-refractivity contribution is 5.96. The van der Waals surface area contributed by atoms with E-state index in [0.717, 1.165) is 5.56 Å². The maximum absolute atomic E-state index is 12.6. The Morgan fingerprint density at radius 2 is 1.64 bits per heavy atom. The van der Waals surface area contributed by atoms with Crippen LogP contribution < -0.4 is 5.32 Å². The van der Waals surface area contributed by atoms with Crippen LogP contribution in [0.3, 0.4) is 0 Å². The van der Waals surface area contributed by atoms with Crippen molar-refractivity contribution in [1.29, 1.82) is 0 Å². The molecular weight excluding hydrogens is 316 g/mol. The summed E-state index contributed by atoms with van der Waals surface area (Å²) < 4.78 is 0. The second-order valence-electron chi connectivity index (χ2n) is 6.10. The van der Waals surface area contributed by atoms with Crippen molar-refractivity contribution in [3.8, 4) is 0 Å². The van der Waals surface area contributed by atoms with Crippen LogP contribution >= 0.6 is 0 Å². The van der Waals surface area contributed by atoms with Gasteiger partial charge in [-0.3, -0.25) is 9.59 Å². The highest BCUT2D eigenvalue weighted by Crippen LogP contribution is 2.08. The molecule has 0 aliphatic rings. The van der Waals surface area contributed by atoms with Gasteiger partial charge in [0.15, 0.2) is 0 Å². The third-order valence-corrected chi connectivity index (χ3v) is 3.85. The van der Waals surface area contributed by atoms with E-state index in [9.17, 15) is 14.7 Å². The van der Waals surface area contributed by atoms with Gasteiger partial charge in [0.05, 0.1) is 6.54 Å². The lowest BCUT2D eigenvalue weighted by molar-refractivity contribution is -0.131. The number of nitrogens with zero attached hydrogens (tertiary/aromatic N) is 1. The summed E-state index contributed by atoms with van der Waals surface area (Å²) in [4.78, 5) is 26.3. The van der Waals surface area contributed by atoms with Crippen molar-refractivity contribution >= 4 is 11.8 Å². The van der Waals surface area contributed by atoms with Crippen LogP contribution in [0.2, 0.25) is 0 Å². The minimum atomic E-state index is -0.274. The normalized spacial score (nSPS) is 11.6. The molecular formula is C20H24N2O3. The van der Waals surface area contributed by atoms with Gasteiger partial charge in [0.2, 0.25) is 5.91 Å². The number of aliphatic hydroxyl groups excluding tert-OH is 1. The summed E-state index contributed by atoms with van der Waals surface area (Å²) in [5, 5.41) is 12.0. The molecule has 0 aliphatic carbocycles. The molecule has 0 aliphatic heterocycles. The van der Waals surface area contributed by atoms with Gasteiger partial charge >= 0.3 is 0 Å². The molecule has 0 saturated heterocycles. The van der Waals surface area contributed by atoms with Crippen LogP contribution in [0, 0.1) is 5.92 Å². The molecule has 0 saturated carbocycles. The van der Waals surface area contributed by atoms with Crippen LogP contribution in [0.4, 0.5) is 0 Å². The monoisotopic (exact) mass is 340 g/mol. The van der Waals surface area contributed by atoms with Crippen LogP contribution in [-0.2, 0) is 11.3 Å². The summed E-state index contributed by atoms with van der Waals surface area (Å²) in [5.74, 6) is -0.477. The molecule has 5 heteroatoms. The molecule has 2 amide bonds. The van der Waals surface area contributed by atoms with E-state index in [1.165, 1.54) is 0 Å². The Bertz CT molecular complexity index is 674. The molecule has 0 spiro atoms. The van der Waals surface area contributed by atoms with E-state index in [4.69, 9.17) is 0 Å². The van der Waals surface area contributed by atoms with Gasteiger partial charge in [-0.05, 0) is 23.6 Å². The standard InChI is InChI=1S/C20H24N2O3/c1-16(15-23)13-22(14-17-8-4-2-5-9-17)19(24)12-21-20(25)18-10-6-3-7-11-18/h2-11,16,23H,12-15H2,1H3,(H,21,25)/t16-/m1/s1. The third kappa shape index (κ3) is 6.04. The van der Waals surface area contributed by atoms with Gasteiger partial charge in [0.25, 0.3) is 5.91 Å². The average Bonchev–Trinajstić information content (AvgIpc) is 2.66. The Labute approximate surface area is 148 Å². The zero-order valence-electron chi connectivity index (χ0n) is 14.4. The fourth-order valence-electron chi connectivity index (χ4n) is 2.45. The fraction of sp³-hybridized carbons (Fsp3) is 0.300. The number of nitrogens with one attached hydrogen (secondary N) is 1. The molecule has 0 heterocycles. The first kappa shape index (κ1) is 18.7. The van der Waals surface area contributed by atoms with Gasteiger partial charge in [0, 0.05) is 25.3 Å². The van der Waals surface area contributed by atoms with Crippen molar-refractivity contribution in [3.05, 3.63) is 71.8 Å². The van der Waals surface area contributed by atoms with E-state index < -0.39 is 0 Å². The quantitative estimate of drug-likeness (QED) is 0.773. The van der Waals surface area contributed by atoms with Crippen LogP contribution in [0.15, 0.2) is 60.7 Å². The molecule has 25 heavy (non-hydrogen) atoms. The van der Waals surface area contributed by atoms with Crippen LogP contribution in [0.1, 0.15) is 22.8 Å². The number of hydrogen-bond donors (Lipinski definition) is 2. The van der Waals surface area contributed by atoms with E-state index in [2.05, 4.69) is 5.32 Å². The molecule has 0 unspecified atom stereocenters. The van der Waals surface area contributed by atoms with Crippen molar-refractivity contribution < 1.29 is 14.7 Å². The lowest BCUT2D eigenvalue weighted by atomic mass is 10.1. The van der Waals surface area contributed by atoms with Gasteiger partial charge in [0.1, 0.15) is 0 Å². The molecule has 2 aromatic carbocycles. The summed E-state index contributed by atoms with van der Waals surface area (Å²) in [6.45, 7) is 2.71. The molecule has 132 valence electrons. The van der Waals surface area contributed by atoms with Crippen molar-refractivity contribution in [2.45, 2.75) is 13.5 Å². The van der Waals surface area contributed by atoms with E-state index in [1.54, 1.807) is 29.2 Å². The molecule has 0 bridgehead atoms.